The van der Waals surface area contributed by atoms with Gasteiger partial charge in [-0.05, 0) is 53.6 Å². The summed E-state index contributed by atoms with van der Waals surface area (Å²) in [6.07, 6.45) is 1.69. The molecule has 0 bridgehead atoms. The summed E-state index contributed by atoms with van der Waals surface area (Å²) in [6, 6.07) is 5.83. The molecule has 1 aromatic rings. The van der Waals surface area contributed by atoms with E-state index in [9.17, 15) is 4.79 Å². The lowest BCUT2D eigenvalue weighted by Gasteiger charge is -2.16. The molecule has 1 unspecified atom stereocenters. The first kappa shape index (κ1) is 15.2. The monoisotopic (exact) mass is 429 g/mol. The molecule has 0 spiro atoms. The van der Waals surface area contributed by atoms with Crippen LogP contribution in [0.2, 0.25) is 0 Å². The second-order valence-corrected chi connectivity index (χ2v) is 6.14. The van der Waals surface area contributed by atoms with Gasteiger partial charge in [0.2, 0.25) is 0 Å². The molecule has 1 amide bonds. The zero-order valence-corrected chi connectivity index (χ0v) is 14.0. The van der Waals surface area contributed by atoms with Crippen molar-refractivity contribution in [1.29, 1.82) is 0 Å². The van der Waals surface area contributed by atoms with Gasteiger partial charge in [-0.2, -0.15) is 0 Å². The van der Waals surface area contributed by atoms with Crippen LogP contribution in [0.3, 0.4) is 0 Å². The van der Waals surface area contributed by atoms with E-state index in [0.29, 0.717) is 11.4 Å². The van der Waals surface area contributed by atoms with Gasteiger partial charge in [0.25, 0.3) is 5.91 Å². The third-order valence-electron chi connectivity index (χ3n) is 2.46. The number of nitrogens with one attached hydrogen (secondary N) is 1. The third-order valence-corrected chi connectivity index (χ3v) is 4.11. The van der Waals surface area contributed by atoms with E-state index in [1.165, 1.54) is 0 Å². The molecule has 1 aromatic carbocycles. The number of amides is 1. The van der Waals surface area contributed by atoms with E-state index >= 15 is 0 Å². The Morgan fingerprint density at radius 3 is 2.88 bits per heavy atom. The summed E-state index contributed by atoms with van der Waals surface area (Å²) >= 11 is 11.2. The molecule has 0 aliphatic rings. The molecule has 0 fully saturated rings. The van der Waals surface area contributed by atoms with Crippen molar-refractivity contribution in [3.8, 4) is 0 Å². The number of benzene rings is 1. The number of carbonyl (C=O) groups is 1. The highest BCUT2D eigenvalue weighted by atomic mass is 127. The fourth-order valence-corrected chi connectivity index (χ4v) is 2.65. The minimum Gasteiger partial charge on any atom is -0.349 e. The van der Waals surface area contributed by atoms with E-state index in [1.54, 1.807) is 0 Å². The Kier molecular flexibility index (Phi) is 6.80. The largest absolute Gasteiger partial charge is 0.349 e. The minimum atomic E-state index is -0.0346. The number of hydrogen-bond acceptors (Lipinski definition) is 1. The average Bonchev–Trinajstić information content (AvgIpc) is 2.31. The smallest absolute Gasteiger partial charge is 0.252 e. The van der Waals surface area contributed by atoms with Gasteiger partial charge in [-0.25, -0.2) is 0 Å². The van der Waals surface area contributed by atoms with Gasteiger partial charge in [-0.1, -0.05) is 22.9 Å². The maximum Gasteiger partial charge on any atom is 0.252 e. The van der Waals surface area contributed by atoms with E-state index in [2.05, 4.69) is 43.8 Å². The summed E-state index contributed by atoms with van der Waals surface area (Å²) in [5.74, 6) is 0.529. The topological polar surface area (TPSA) is 29.1 Å². The van der Waals surface area contributed by atoms with E-state index in [1.807, 2.05) is 25.1 Å². The molecule has 2 nitrogen and oxygen atoms in total. The molecule has 0 aliphatic carbocycles. The molecule has 0 saturated carbocycles. The Balaban J connectivity index is 2.78. The molecule has 5 heteroatoms. The van der Waals surface area contributed by atoms with Gasteiger partial charge in [0.15, 0.2) is 0 Å². The molecule has 0 radical (unpaired) electrons. The van der Waals surface area contributed by atoms with Crippen molar-refractivity contribution in [2.75, 3.05) is 5.88 Å². The van der Waals surface area contributed by atoms with Crippen LogP contribution in [-0.4, -0.2) is 17.8 Å². The number of rotatable bonds is 5. The molecule has 0 heterocycles. The van der Waals surface area contributed by atoms with Gasteiger partial charge in [-0.15, -0.1) is 11.6 Å². The van der Waals surface area contributed by atoms with Crippen molar-refractivity contribution in [2.24, 2.45) is 0 Å². The van der Waals surface area contributed by atoms with Crippen LogP contribution >= 0.6 is 50.1 Å². The zero-order chi connectivity index (χ0) is 12.8. The highest BCUT2D eigenvalue weighted by Gasteiger charge is 2.14. The molecule has 94 valence electrons. The van der Waals surface area contributed by atoms with Crippen LogP contribution in [-0.2, 0) is 0 Å². The highest BCUT2D eigenvalue weighted by molar-refractivity contribution is 14.1. The van der Waals surface area contributed by atoms with Crippen molar-refractivity contribution in [2.45, 2.75) is 25.8 Å². The molecule has 1 atom stereocenters. The fraction of sp³-hybridized carbons (Fsp3) is 0.417. The number of halogens is 3. The summed E-state index contributed by atoms with van der Waals surface area (Å²) < 4.78 is 1.86. The quantitative estimate of drug-likeness (QED) is 0.551. The first-order valence-corrected chi connectivity index (χ1v) is 7.81. The molecular formula is C12H14BrClINO. The Hall–Kier alpha value is 0.190. The molecule has 1 N–H and O–H groups in total. The standard InChI is InChI=1S/C12H14BrClINO/c1-2-9(5-6-14)16-12(17)10-7-8(13)3-4-11(10)15/h3-4,7,9H,2,5-6H2,1H3,(H,16,17). The fourth-order valence-electron chi connectivity index (χ4n) is 1.44. The maximum absolute atomic E-state index is 12.1. The van der Waals surface area contributed by atoms with Gasteiger partial charge >= 0.3 is 0 Å². The van der Waals surface area contributed by atoms with Crippen molar-refractivity contribution < 1.29 is 4.79 Å². The SMILES string of the molecule is CCC(CCCl)NC(=O)c1cc(Br)ccc1I. The van der Waals surface area contributed by atoms with Crippen LogP contribution < -0.4 is 5.32 Å². The molecule has 1 rings (SSSR count). The lowest BCUT2D eigenvalue weighted by atomic mass is 10.1. The predicted molar refractivity (Wildman–Crippen MR) is 83.7 cm³/mol. The van der Waals surface area contributed by atoms with Crippen LogP contribution in [0.25, 0.3) is 0 Å². The van der Waals surface area contributed by atoms with Gasteiger partial charge in [0.1, 0.15) is 0 Å². The van der Waals surface area contributed by atoms with Crippen molar-refractivity contribution in [3.63, 3.8) is 0 Å². The first-order chi connectivity index (χ1) is 8.08. The lowest BCUT2D eigenvalue weighted by molar-refractivity contribution is 0.0934. The Morgan fingerprint density at radius 2 is 2.29 bits per heavy atom. The summed E-state index contributed by atoms with van der Waals surface area (Å²) in [5.41, 5.74) is 0.702. The maximum atomic E-state index is 12.1. The average molecular weight is 431 g/mol. The van der Waals surface area contributed by atoms with Crippen LogP contribution in [0.5, 0.6) is 0 Å². The third kappa shape index (κ3) is 4.75. The summed E-state index contributed by atoms with van der Waals surface area (Å²) in [7, 11) is 0. The molecule has 17 heavy (non-hydrogen) atoms. The van der Waals surface area contributed by atoms with Crippen molar-refractivity contribution >= 4 is 56.0 Å². The van der Waals surface area contributed by atoms with Gasteiger partial charge in [0, 0.05) is 20.0 Å². The van der Waals surface area contributed by atoms with Gasteiger partial charge < -0.3 is 5.32 Å². The lowest BCUT2D eigenvalue weighted by Crippen LogP contribution is -2.35. The molecule has 0 saturated heterocycles. The molecule has 0 aliphatic heterocycles. The second-order valence-electron chi connectivity index (χ2n) is 3.68. The normalized spacial score (nSPS) is 12.2. The second kappa shape index (κ2) is 7.59. The van der Waals surface area contributed by atoms with Gasteiger partial charge in [0.05, 0.1) is 5.56 Å². The number of hydrogen-bond donors (Lipinski definition) is 1. The minimum absolute atomic E-state index is 0.0346. The first-order valence-electron chi connectivity index (χ1n) is 5.40. The van der Waals surface area contributed by atoms with Crippen LogP contribution in [0.4, 0.5) is 0 Å². The van der Waals surface area contributed by atoms with E-state index in [-0.39, 0.29) is 11.9 Å². The van der Waals surface area contributed by atoms with Crippen molar-refractivity contribution in [1.82, 2.24) is 5.32 Å². The summed E-state index contributed by atoms with van der Waals surface area (Å²) in [4.78, 5) is 12.1. The van der Waals surface area contributed by atoms with E-state index in [0.717, 1.165) is 20.9 Å². The van der Waals surface area contributed by atoms with Crippen LogP contribution in [0.15, 0.2) is 22.7 Å². The number of carbonyl (C=O) groups excluding carboxylic acids is 1. The Labute approximate surface area is 129 Å². The Morgan fingerprint density at radius 1 is 1.59 bits per heavy atom. The van der Waals surface area contributed by atoms with Crippen LogP contribution in [0.1, 0.15) is 30.1 Å². The molecule has 0 aromatic heterocycles. The predicted octanol–water partition coefficient (Wildman–Crippen LogP) is 4.19. The van der Waals surface area contributed by atoms with E-state index < -0.39 is 0 Å². The Bertz CT molecular complexity index is 400. The van der Waals surface area contributed by atoms with E-state index in [4.69, 9.17) is 11.6 Å². The van der Waals surface area contributed by atoms with Crippen LogP contribution in [0, 0.1) is 3.57 Å². The van der Waals surface area contributed by atoms with Crippen molar-refractivity contribution in [3.05, 3.63) is 31.8 Å². The zero-order valence-electron chi connectivity index (χ0n) is 9.47. The molecular weight excluding hydrogens is 416 g/mol. The summed E-state index contributed by atoms with van der Waals surface area (Å²) in [6.45, 7) is 2.05. The number of alkyl halides is 1. The summed E-state index contributed by atoms with van der Waals surface area (Å²) in [5, 5.41) is 3.00. The highest BCUT2D eigenvalue weighted by Crippen LogP contribution is 2.18. The van der Waals surface area contributed by atoms with Gasteiger partial charge in [-0.3, -0.25) is 4.79 Å².